The van der Waals surface area contributed by atoms with Crippen molar-refractivity contribution in [3.63, 3.8) is 0 Å². The van der Waals surface area contributed by atoms with Crippen molar-refractivity contribution in [1.82, 2.24) is 4.98 Å². The number of nitrogens with one attached hydrogen (secondary N) is 1. The van der Waals surface area contributed by atoms with Crippen molar-refractivity contribution in [3.8, 4) is 11.5 Å². The average molecular weight is 452 g/mol. The Hall–Kier alpha value is -2.81. The SMILES string of the molecule is CCc1ccc(NC(=O)[C@@H]2OC(C)(C)[C@@H](C)[C@H]2c2ccc(OC(F)F)c(F)c2OC)cn1. The van der Waals surface area contributed by atoms with Gasteiger partial charge in [0.05, 0.1) is 24.6 Å². The molecule has 6 nitrogen and oxygen atoms in total. The maximum Gasteiger partial charge on any atom is 0.387 e. The monoisotopic (exact) mass is 452 g/mol. The molecule has 1 aliphatic heterocycles. The van der Waals surface area contributed by atoms with Crippen LogP contribution in [0.25, 0.3) is 0 Å². The number of alkyl halides is 2. The Morgan fingerprint density at radius 3 is 2.56 bits per heavy atom. The van der Waals surface area contributed by atoms with Gasteiger partial charge in [0, 0.05) is 17.2 Å². The third-order valence-corrected chi connectivity index (χ3v) is 5.98. The second-order valence-corrected chi connectivity index (χ2v) is 8.22. The zero-order valence-corrected chi connectivity index (χ0v) is 18.6. The highest BCUT2D eigenvalue weighted by atomic mass is 19.3. The van der Waals surface area contributed by atoms with Crippen LogP contribution in [0.1, 0.15) is 44.9 Å². The minimum absolute atomic E-state index is 0.228. The van der Waals surface area contributed by atoms with Gasteiger partial charge in [0.2, 0.25) is 5.82 Å². The molecule has 1 aromatic heterocycles. The first-order valence-corrected chi connectivity index (χ1v) is 10.3. The number of nitrogens with zero attached hydrogens (tertiary/aromatic N) is 1. The van der Waals surface area contributed by atoms with Gasteiger partial charge in [-0.1, -0.05) is 19.9 Å². The molecule has 3 atom stereocenters. The number of benzene rings is 1. The molecule has 2 aromatic rings. The lowest BCUT2D eigenvalue weighted by atomic mass is 9.78. The number of pyridine rings is 1. The van der Waals surface area contributed by atoms with E-state index in [0.29, 0.717) is 11.3 Å². The van der Waals surface area contributed by atoms with Crippen LogP contribution in [0.15, 0.2) is 30.5 Å². The van der Waals surface area contributed by atoms with E-state index in [4.69, 9.17) is 9.47 Å². The Kier molecular flexibility index (Phi) is 6.97. The fourth-order valence-electron chi connectivity index (χ4n) is 3.98. The van der Waals surface area contributed by atoms with Crippen molar-refractivity contribution in [2.45, 2.75) is 58.4 Å². The molecule has 0 unspecified atom stereocenters. The Morgan fingerprint density at radius 2 is 2.00 bits per heavy atom. The lowest BCUT2D eigenvalue weighted by Crippen LogP contribution is -2.33. The quantitative estimate of drug-likeness (QED) is 0.645. The topological polar surface area (TPSA) is 69.7 Å². The predicted octanol–water partition coefficient (Wildman–Crippen LogP) is 4.93. The van der Waals surface area contributed by atoms with Crippen LogP contribution in [0, 0.1) is 11.7 Å². The number of aryl methyl sites for hydroxylation is 1. The largest absolute Gasteiger partial charge is 0.493 e. The van der Waals surface area contributed by atoms with Crippen LogP contribution < -0.4 is 14.8 Å². The standard InChI is InChI=1S/C23H27F3N2O4/c1-6-13-7-8-14(11-27-13)28-21(29)20-17(12(2)23(3,4)32-20)15-9-10-16(31-22(25)26)18(24)19(15)30-5/h7-12,17,20,22H,6H2,1-5H3,(H,28,29)/t12-,17-,20+/m0/s1. The molecule has 1 aliphatic rings. The summed E-state index contributed by atoms with van der Waals surface area (Å²) in [4.78, 5) is 17.4. The molecule has 1 saturated heterocycles. The highest BCUT2D eigenvalue weighted by Crippen LogP contribution is 2.50. The number of hydrogen-bond donors (Lipinski definition) is 1. The highest BCUT2D eigenvalue weighted by molar-refractivity contribution is 5.95. The summed E-state index contributed by atoms with van der Waals surface area (Å²) in [5.74, 6) is -3.19. The molecule has 3 rings (SSSR count). The molecule has 1 amide bonds. The van der Waals surface area contributed by atoms with Crippen LogP contribution in [0.2, 0.25) is 0 Å². The molecule has 0 aliphatic carbocycles. The highest BCUT2D eigenvalue weighted by Gasteiger charge is 2.51. The van der Waals surface area contributed by atoms with Crippen molar-refractivity contribution in [2.24, 2.45) is 5.92 Å². The van der Waals surface area contributed by atoms with Gasteiger partial charge in [-0.05, 0) is 44.4 Å². The minimum Gasteiger partial charge on any atom is -0.493 e. The van der Waals surface area contributed by atoms with E-state index in [9.17, 15) is 18.0 Å². The number of carbonyl (C=O) groups is 1. The second-order valence-electron chi connectivity index (χ2n) is 8.22. The molecular formula is C23H27F3N2O4. The number of hydrogen-bond acceptors (Lipinski definition) is 5. The van der Waals surface area contributed by atoms with E-state index in [1.807, 2.05) is 33.8 Å². The van der Waals surface area contributed by atoms with Gasteiger partial charge in [-0.15, -0.1) is 0 Å². The summed E-state index contributed by atoms with van der Waals surface area (Å²) in [6.45, 7) is 4.36. The summed E-state index contributed by atoms with van der Waals surface area (Å²) in [6, 6.07) is 6.11. The summed E-state index contributed by atoms with van der Waals surface area (Å²) in [5.41, 5.74) is 1.02. The van der Waals surface area contributed by atoms with Gasteiger partial charge in [-0.25, -0.2) is 0 Å². The molecule has 0 bridgehead atoms. The molecule has 1 aromatic carbocycles. The molecule has 0 saturated carbocycles. The number of halogens is 3. The zero-order chi connectivity index (χ0) is 23.6. The number of ether oxygens (including phenoxy) is 3. The molecule has 0 radical (unpaired) electrons. The zero-order valence-electron chi connectivity index (χ0n) is 18.6. The lowest BCUT2D eigenvalue weighted by molar-refractivity contribution is -0.131. The van der Waals surface area contributed by atoms with Crippen molar-refractivity contribution in [2.75, 3.05) is 12.4 Å². The van der Waals surface area contributed by atoms with E-state index < -0.39 is 41.7 Å². The minimum atomic E-state index is -3.18. The van der Waals surface area contributed by atoms with E-state index >= 15 is 0 Å². The normalized spacial score (nSPS) is 22.1. The third-order valence-electron chi connectivity index (χ3n) is 5.98. The predicted molar refractivity (Wildman–Crippen MR) is 113 cm³/mol. The fourth-order valence-corrected chi connectivity index (χ4v) is 3.98. The van der Waals surface area contributed by atoms with E-state index in [-0.39, 0.29) is 11.7 Å². The van der Waals surface area contributed by atoms with Crippen LogP contribution in [0.4, 0.5) is 18.9 Å². The summed E-state index contributed by atoms with van der Waals surface area (Å²) >= 11 is 0. The molecule has 174 valence electrons. The van der Waals surface area contributed by atoms with Gasteiger partial charge in [-0.2, -0.15) is 13.2 Å². The Labute approximate surface area is 185 Å². The third kappa shape index (κ3) is 4.67. The van der Waals surface area contributed by atoms with Crippen molar-refractivity contribution in [1.29, 1.82) is 0 Å². The van der Waals surface area contributed by atoms with Crippen LogP contribution in [0.5, 0.6) is 11.5 Å². The van der Waals surface area contributed by atoms with Crippen LogP contribution in [0.3, 0.4) is 0 Å². The van der Waals surface area contributed by atoms with Gasteiger partial charge >= 0.3 is 6.61 Å². The number of aromatic nitrogens is 1. The smallest absolute Gasteiger partial charge is 0.387 e. The maximum absolute atomic E-state index is 14.9. The summed E-state index contributed by atoms with van der Waals surface area (Å²) in [6.07, 6.45) is 1.36. The molecule has 32 heavy (non-hydrogen) atoms. The summed E-state index contributed by atoms with van der Waals surface area (Å²) < 4.78 is 55.6. The van der Waals surface area contributed by atoms with E-state index in [2.05, 4.69) is 15.0 Å². The number of methoxy groups -OCH3 is 1. The van der Waals surface area contributed by atoms with E-state index in [1.54, 1.807) is 12.3 Å². The number of amides is 1. The number of carbonyl (C=O) groups excluding carboxylic acids is 1. The number of rotatable bonds is 7. The summed E-state index contributed by atoms with van der Waals surface area (Å²) in [5, 5.41) is 2.80. The number of anilines is 1. The van der Waals surface area contributed by atoms with Crippen molar-refractivity contribution >= 4 is 11.6 Å². The summed E-state index contributed by atoms with van der Waals surface area (Å²) in [7, 11) is 1.23. The molecule has 9 heteroatoms. The molecular weight excluding hydrogens is 425 g/mol. The Bertz CT molecular complexity index is 966. The maximum atomic E-state index is 14.9. The van der Waals surface area contributed by atoms with Gasteiger partial charge in [0.1, 0.15) is 6.10 Å². The first-order chi connectivity index (χ1) is 15.1. The van der Waals surface area contributed by atoms with Crippen molar-refractivity contribution in [3.05, 3.63) is 47.5 Å². The van der Waals surface area contributed by atoms with Gasteiger partial charge < -0.3 is 19.5 Å². The van der Waals surface area contributed by atoms with Crippen LogP contribution >= 0.6 is 0 Å². The first-order valence-electron chi connectivity index (χ1n) is 10.3. The second kappa shape index (κ2) is 9.36. The van der Waals surface area contributed by atoms with Gasteiger partial charge in [0.25, 0.3) is 5.91 Å². The van der Waals surface area contributed by atoms with Crippen LogP contribution in [-0.4, -0.2) is 36.3 Å². The first kappa shape index (κ1) is 23.8. The van der Waals surface area contributed by atoms with Gasteiger partial charge in [0.15, 0.2) is 11.5 Å². The Balaban J connectivity index is 1.96. The van der Waals surface area contributed by atoms with E-state index in [0.717, 1.165) is 18.2 Å². The molecule has 1 fully saturated rings. The molecule has 2 heterocycles. The van der Waals surface area contributed by atoms with Crippen molar-refractivity contribution < 1.29 is 32.2 Å². The average Bonchev–Trinajstić information content (AvgIpc) is 2.99. The molecule has 1 N–H and O–H groups in total. The lowest BCUT2D eigenvalue weighted by Gasteiger charge is -2.26. The van der Waals surface area contributed by atoms with Crippen LogP contribution in [-0.2, 0) is 16.0 Å². The Morgan fingerprint density at radius 1 is 1.28 bits per heavy atom. The van der Waals surface area contributed by atoms with E-state index in [1.165, 1.54) is 13.2 Å². The fraction of sp³-hybridized carbons (Fsp3) is 0.478. The van der Waals surface area contributed by atoms with Gasteiger partial charge in [-0.3, -0.25) is 9.78 Å². The molecule has 0 spiro atoms.